The van der Waals surface area contributed by atoms with Crippen LogP contribution in [0.15, 0.2) is 29.1 Å². The van der Waals surface area contributed by atoms with Crippen molar-refractivity contribution in [3.05, 3.63) is 39.4 Å². The van der Waals surface area contributed by atoms with E-state index in [9.17, 15) is 9.59 Å². The van der Waals surface area contributed by atoms with Gasteiger partial charge in [-0.3, -0.25) is 14.2 Å². The zero-order valence-corrected chi connectivity index (χ0v) is 14.9. The Morgan fingerprint density at radius 2 is 2.08 bits per heavy atom. The van der Waals surface area contributed by atoms with Crippen LogP contribution in [0.1, 0.15) is 33.1 Å². The second-order valence-electron chi connectivity index (χ2n) is 6.81. The molecule has 1 aromatic carbocycles. The van der Waals surface area contributed by atoms with Gasteiger partial charge in [-0.15, -0.1) is 0 Å². The summed E-state index contributed by atoms with van der Waals surface area (Å²) in [5, 5.41) is 3.63. The number of rotatable bonds is 3. The largest absolute Gasteiger partial charge is 0.352 e. The van der Waals surface area contributed by atoms with Gasteiger partial charge in [-0.1, -0.05) is 38.8 Å². The molecule has 0 saturated heterocycles. The highest BCUT2D eigenvalue weighted by Crippen LogP contribution is 2.29. The van der Waals surface area contributed by atoms with Crippen LogP contribution in [0.4, 0.5) is 0 Å². The molecule has 1 aromatic heterocycles. The minimum atomic E-state index is -0.227. The third-order valence-corrected chi connectivity index (χ3v) is 5.57. The highest BCUT2D eigenvalue weighted by molar-refractivity contribution is 7.71. The van der Waals surface area contributed by atoms with Gasteiger partial charge in [0.1, 0.15) is 6.54 Å². The molecule has 6 heteroatoms. The van der Waals surface area contributed by atoms with Crippen LogP contribution in [0, 0.1) is 16.6 Å². The van der Waals surface area contributed by atoms with Gasteiger partial charge in [0, 0.05) is 6.04 Å². The van der Waals surface area contributed by atoms with Gasteiger partial charge in [-0.25, -0.2) is 0 Å². The topological polar surface area (TPSA) is 66.9 Å². The number of nitrogens with one attached hydrogen (secondary N) is 2. The number of carbonyl (C=O) groups excluding carboxylic acids is 1. The lowest BCUT2D eigenvalue weighted by Crippen LogP contribution is -2.45. The summed E-state index contributed by atoms with van der Waals surface area (Å²) in [6.07, 6.45) is 3.34. The van der Waals surface area contributed by atoms with Gasteiger partial charge in [-0.2, -0.15) is 0 Å². The summed E-state index contributed by atoms with van der Waals surface area (Å²) in [5.74, 6) is 0.902. The van der Waals surface area contributed by atoms with Crippen molar-refractivity contribution in [3.8, 4) is 0 Å². The van der Waals surface area contributed by atoms with Crippen molar-refractivity contribution in [1.82, 2.24) is 14.9 Å². The molecule has 5 nitrogen and oxygen atoms in total. The number of H-pyrrole nitrogens is 1. The molecule has 24 heavy (non-hydrogen) atoms. The first-order valence-electron chi connectivity index (χ1n) is 8.48. The molecule has 0 aliphatic heterocycles. The molecule has 128 valence electrons. The van der Waals surface area contributed by atoms with Crippen LogP contribution >= 0.6 is 12.2 Å². The minimum absolute atomic E-state index is 0.0450. The van der Waals surface area contributed by atoms with E-state index in [0.29, 0.717) is 22.7 Å². The van der Waals surface area contributed by atoms with Crippen molar-refractivity contribution < 1.29 is 4.79 Å². The van der Waals surface area contributed by atoms with E-state index in [1.807, 2.05) is 12.1 Å². The average molecular weight is 345 g/mol. The number of para-hydroxylation sites is 1. The third-order valence-electron chi connectivity index (χ3n) is 5.24. The molecule has 0 radical (unpaired) electrons. The van der Waals surface area contributed by atoms with Crippen LogP contribution in [0.5, 0.6) is 0 Å². The lowest BCUT2D eigenvalue weighted by atomic mass is 9.78. The van der Waals surface area contributed by atoms with E-state index in [1.54, 1.807) is 12.1 Å². The fourth-order valence-electron chi connectivity index (χ4n) is 3.52. The van der Waals surface area contributed by atoms with Gasteiger partial charge in [0.2, 0.25) is 5.91 Å². The lowest BCUT2D eigenvalue weighted by Gasteiger charge is -2.34. The summed E-state index contributed by atoms with van der Waals surface area (Å²) >= 11 is 5.26. The molecule has 0 unspecified atom stereocenters. The molecule has 1 aliphatic rings. The SMILES string of the molecule is C[C@@H]1[C@H](C)CCC[C@@H]1NC(=O)Cn1c(=S)[nH]c2ccccc2c1=O. The van der Waals surface area contributed by atoms with Gasteiger partial charge in [-0.05, 0) is 42.6 Å². The van der Waals surface area contributed by atoms with Crippen molar-refractivity contribution in [2.45, 2.75) is 45.7 Å². The van der Waals surface area contributed by atoms with Crippen LogP contribution in [-0.4, -0.2) is 21.5 Å². The summed E-state index contributed by atoms with van der Waals surface area (Å²) in [4.78, 5) is 28.1. The number of carbonyl (C=O) groups is 1. The van der Waals surface area contributed by atoms with Crippen LogP contribution in [0.3, 0.4) is 0 Å². The molecule has 1 heterocycles. The summed E-state index contributed by atoms with van der Waals surface area (Å²) in [5.41, 5.74) is 0.466. The highest BCUT2D eigenvalue weighted by atomic mass is 32.1. The van der Waals surface area contributed by atoms with Crippen molar-refractivity contribution in [2.24, 2.45) is 11.8 Å². The van der Waals surface area contributed by atoms with E-state index in [-0.39, 0.29) is 28.8 Å². The number of hydrogen-bond donors (Lipinski definition) is 2. The normalized spacial score (nSPS) is 24.0. The van der Waals surface area contributed by atoms with Crippen LogP contribution in [0.25, 0.3) is 10.9 Å². The maximum Gasteiger partial charge on any atom is 0.262 e. The number of fused-ring (bicyclic) bond motifs is 1. The second-order valence-corrected chi connectivity index (χ2v) is 7.20. The van der Waals surface area contributed by atoms with E-state index in [4.69, 9.17) is 12.2 Å². The number of amides is 1. The molecule has 1 aliphatic carbocycles. The van der Waals surface area contributed by atoms with E-state index in [1.165, 1.54) is 11.0 Å². The summed E-state index contributed by atoms with van der Waals surface area (Å²) < 4.78 is 1.61. The lowest BCUT2D eigenvalue weighted by molar-refractivity contribution is -0.123. The Morgan fingerprint density at radius 1 is 1.33 bits per heavy atom. The molecule has 2 aromatic rings. The van der Waals surface area contributed by atoms with Crippen LogP contribution in [0.2, 0.25) is 0 Å². The molecule has 2 N–H and O–H groups in total. The number of aromatic nitrogens is 2. The van der Waals surface area contributed by atoms with Crippen LogP contribution < -0.4 is 10.9 Å². The molecule has 3 atom stereocenters. The van der Waals surface area contributed by atoms with E-state index < -0.39 is 0 Å². The monoisotopic (exact) mass is 345 g/mol. The smallest absolute Gasteiger partial charge is 0.262 e. The van der Waals surface area contributed by atoms with Gasteiger partial charge in [0.05, 0.1) is 10.9 Å². The Bertz CT molecular complexity index is 870. The van der Waals surface area contributed by atoms with Crippen LogP contribution in [-0.2, 0) is 11.3 Å². The first-order chi connectivity index (χ1) is 11.5. The molecule has 1 saturated carbocycles. The zero-order chi connectivity index (χ0) is 17.3. The maximum absolute atomic E-state index is 12.6. The second kappa shape index (κ2) is 6.89. The molecule has 1 amide bonds. The third kappa shape index (κ3) is 3.29. The van der Waals surface area contributed by atoms with Gasteiger partial charge in [0.15, 0.2) is 4.77 Å². The standard InChI is InChI=1S/C18H23N3O2S/c1-11-6-5-9-14(12(11)2)19-16(22)10-21-17(23)13-7-3-4-8-15(13)20-18(21)24/h3-4,7-8,11-12,14H,5-6,9-10H2,1-2H3,(H,19,22)(H,20,24)/t11-,12-,14+/m1/s1. The van der Waals surface area contributed by atoms with E-state index in [2.05, 4.69) is 24.1 Å². The molecular weight excluding hydrogens is 322 g/mol. The van der Waals surface area contributed by atoms with E-state index in [0.717, 1.165) is 12.8 Å². The van der Waals surface area contributed by atoms with E-state index >= 15 is 0 Å². The van der Waals surface area contributed by atoms with Crippen molar-refractivity contribution in [3.63, 3.8) is 0 Å². The number of nitrogens with zero attached hydrogens (tertiary/aromatic N) is 1. The quantitative estimate of drug-likeness (QED) is 0.841. The zero-order valence-electron chi connectivity index (χ0n) is 14.0. The Labute approximate surface area is 146 Å². The summed E-state index contributed by atoms with van der Waals surface area (Å²) in [7, 11) is 0. The fraction of sp³-hybridized carbons (Fsp3) is 0.500. The summed E-state index contributed by atoms with van der Waals surface area (Å²) in [6, 6.07) is 7.37. The van der Waals surface area contributed by atoms with Crippen molar-refractivity contribution in [1.29, 1.82) is 0 Å². The molecular formula is C18H23N3O2S. The number of aromatic amines is 1. The Kier molecular flexibility index (Phi) is 4.85. The van der Waals surface area contributed by atoms with Gasteiger partial charge >= 0.3 is 0 Å². The minimum Gasteiger partial charge on any atom is -0.352 e. The molecule has 1 fully saturated rings. The van der Waals surface area contributed by atoms with Gasteiger partial charge < -0.3 is 10.3 Å². The maximum atomic E-state index is 12.6. The predicted octanol–water partition coefficient (Wildman–Crippen LogP) is 3.00. The first-order valence-corrected chi connectivity index (χ1v) is 8.89. The molecule has 0 bridgehead atoms. The average Bonchev–Trinajstić information content (AvgIpc) is 2.56. The van der Waals surface area contributed by atoms with Crippen molar-refractivity contribution >= 4 is 29.0 Å². The van der Waals surface area contributed by atoms with Crippen molar-refractivity contribution in [2.75, 3.05) is 0 Å². The predicted molar refractivity (Wildman–Crippen MR) is 97.5 cm³/mol. The highest BCUT2D eigenvalue weighted by Gasteiger charge is 2.28. The first kappa shape index (κ1) is 16.9. The number of hydrogen-bond acceptors (Lipinski definition) is 3. The van der Waals surface area contributed by atoms with Gasteiger partial charge in [0.25, 0.3) is 5.56 Å². The molecule has 3 rings (SSSR count). The summed E-state index contributed by atoms with van der Waals surface area (Å²) in [6.45, 7) is 4.37. The Hall–Kier alpha value is -1.95. The number of benzene rings is 1. The Balaban J connectivity index is 1.81. The fourth-order valence-corrected chi connectivity index (χ4v) is 3.78. The molecule has 0 spiro atoms. The Morgan fingerprint density at radius 3 is 2.88 bits per heavy atom.